The molecule has 0 aliphatic rings. The molecule has 4 rings (SSSR count). The van der Waals surface area contributed by atoms with Gasteiger partial charge in [-0.1, -0.05) is 67.6 Å². The molecule has 13 heteroatoms. The normalized spacial score (nSPS) is 13.8. The highest BCUT2D eigenvalue weighted by Crippen LogP contribution is 2.23. The van der Waals surface area contributed by atoms with Crippen LogP contribution in [0.25, 0.3) is 11.2 Å². The second-order valence-corrected chi connectivity index (χ2v) is 13.4. The van der Waals surface area contributed by atoms with E-state index in [0.717, 1.165) is 20.6 Å². The molecule has 0 spiro atoms. The zero-order valence-corrected chi connectivity index (χ0v) is 25.8. The van der Waals surface area contributed by atoms with Gasteiger partial charge >= 0.3 is 17.7 Å². The zero-order chi connectivity index (χ0) is 31.5. The van der Waals surface area contributed by atoms with Crippen LogP contribution in [0.4, 0.5) is 10.6 Å². The number of esters is 1. The fourth-order valence-electron chi connectivity index (χ4n) is 4.64. The lowest BCUT2D eigenvalue weighted by molar-refractivity contribution is -0.159. The second kappa shape index (κ2) is 12.4. The predicted octanol–water partition coefficient (Wildman–Crippen LogP) is 3.89. The SMILES string of the molecule is CCCS(=N)(=O)c1nc(N)c2c(n1)n(Cc1ccccc1)c(=O)n2C(=O)N(C)[C@@H](Cc1ccccc1)C(=O)OC(C)(C)C. The lowest BCUT2D eigenvalue weighted by atomic mass is 10.0. The summed E-state index contributed by atoms with van der Waals surface area (Å²) >= 11 is 0. The molecule has 2 aromatic carbocycles. The Morgan fingerprint density at radius 2 is 1.63 bits per heavy atom. The van der Waals surface area contributed by atoms with Gasteiger partial charge in [-0.3, -0.25) is 4.57 Å². The molecule has 1 unspecified atom stereocenters. The number of aromatic nitrogens is 4. The lowest BCUT2D eigenvalue weighted by Gasteiger charge is -2.30. The number of carbonyl (C=O) groups excluding carboxylic acids is 2. The van der Waals surface area contributed by atoms with Crippen LogP contribution in [0.5, 0.6) is 0 Å². The molecule has 0 aliphatic heterocycles. The number of fused-ring (bicyclic) bond motifs is 1. The number of likely N-dealkylation sites (N-methyl/N-ethyl adjacent to an activating group) is 1. The summed E-state index contributed by atoms with van der Waals surface area (Å²) in [5, 5.41) is -0.310. The molecule has 12 nitrogen and oxygen atoms in total. The molecule has 0 aliphatic carbocycles. The number of anilines is 1. The van der Waals surface area contributed by atoms with Crippen molar-refractivity contribution >= 4 is 38.7 Å². The van der Waals surface area contributed by atoms with Gasteiger partial charge in [0.05, 0.1) is 6.54 Å². The van der Waals surface area contributed by atoms with Gasteiger partial charge in [-0.15, -0.1) is 0 Å². The van der Waals surface area contributed by atoms with Crippen molar-refractivity contribution in [2.45, 2.75) is 63.9 Å². The molecule has 0 bridgehead atoms. The maximum Gasteiger partial charge on any atom is 0.339 e. The number of hydrogen-bond acceptors (Lipinski definition) is 9. The largest absolute Gasteiger partial charge is 0.458 e. The number of nitrogens with one attached hydrogen (secondary N) is 1. The van der Waals surface area contributed by atoms with E-state index in [4.69, 9.17) is 15.3 Å². The second-order valence-electron chi connectivity index (χ2n) is 11.3. The van der Waals surface area contributed by atoms with Crippen LogP contribution in [-0.4, -0.2) is 64.7 Å². The fourth-order valence-corrected chi connectivity index (χ4v) is 5.87. The summed E-state index contributed by atoms with van der Waals surface area (Å²) in [4.78, 5) is 51.2. The Labute approximate surface area is 250 Å². The molecule has 0 saturated heterocycles. The maximum atomic E-state index is 14.1. The van der Waals surface area contributed by atoms with Gasteiger partial charge in [-0.2, -0.15) is 4.98 Å². The van der Waals surface area contributed by atoms with E-state index in [1.807, 2.05) is 36.4 Å². The van der Waals surface area contributed by atoms with E-state index in [9.17, 15) is 18.6 Å². The van der Waals surface area contributed by atoms with Crippen molar-refractivity contribution in [2.24, 2.45) is 0 Å². The first kappa shape index (κ1) is 31.4. The van der Waals surface area contributed by atoms with Crippen LogP contribution in [-0.2, 0) is 32.2 Å². The minimum atomic E-state index is -3.41. The summed E-state index contributed by atoms with van der Waals surface area (Å²) in [6.45, 7) is 6.98. The summed E-state index contributed by atoms with van der Waals surface area (Å²) in [5.41, 5.74) is 6.09. The first-order valence-corrected chi connectivity index (χ1v) is 15.6. The van der Waals surface area contributed by atoms with Crippen LogP contribution in [0.15, 0.2) is 70.6 Å². The van der Waals surface area contributed by atoms with Gasteiger partial charge in [0.25, 0.3) is 0 Å². The number of benzene rings is 2. The number of amides is 1. The van der Waals surface area contributed by atoms with Gasteiger partial charge in [0.2, 0.25) is 5.16 Å². The molecule has 0 radical (unpaired) electrons. The lowest BCUT2D eigenvalue weighted by Crippen LogP contribution is -2.49. The standard InChI is InChI=1S/C30H37N7O5S/c1-6-17-43(32,41)27-33-24(31)23-25(34-27)36(19-21-15-11-8-12-16-21)29(40)37(23)28(39)35(5)22(26(38)42-30(2,3)4)18-20-13-9-7-10-14-20/h7-16,22,32H,6,17-19H2,1-5H3,(H2,31,33,34)/t22-,43?/m0/s1. The van der Waals surface area contributed by atoms with E-state index >= 15 is 0 Å². The average Bonchev–Trinajstić information content (AvgIpc) is 3.22. The Morgan fingerprint density at radius 3 is 2.19 bits per heavy atom. The van der Waals surface area contributed by atoms with Gasteiger partial charge < -0.3 is 15.4 Å². The first-order valence-electron chi connectivity index (χ1n) is 13.9. The quantitative estimate of drug-likeness (QED) is 0.214. The fraction of sp³-hybridized carbons (Fsp3) is 0.367. The summed E-state index contributed by atoms with van der Waals surface area (Å²) < 4.78 is 29.2. The highest BCUT2D eigenvalue weighted by molar-refractivity contribution is 7.92. The molecule has 1 amide bonds. The molecule has 2 heterocycles. The topological polar surface area (TPSA) is 166 Å². The number of imidazole rings is 1. The number of carbonyl (C=O) groups is 2. The van der Waals surface area contributed by atoms with E-state index in [1.165, 1.54) is 11.6 Å². The molecule has 228 valence electrons. The van der Waals surface area contributed by atoms with Crippen molar-refractivity contribution in [3.05, 3.63) is 82.3 Å². The van der Waals surface area contributed by atoms with E-state index in [2.05, 4.69) is 9.97 Å². The zero-order valence-electron chi connectivity index (χ0n) is 24.9. The summed E-state index contributed by atoms with van der Waals surface area (Å²) in [7, 11) is -2.00. The molecule has 4 aromatic rings. The number of nitrogens with two attached hydrogens (primary N) is 1. The van der Waals surface area contributed by atoms with Crippen LogP contribution in [0.2, 0.25) is 0 Å². The van der Waals surface area contributed by atoms with E-state index in [1.54, 1.807) is 52.0 Å². The van der Waals surface area contributed by atoms with Gasteiger partial charge in [0.1, 0.15) is 26.9 Å². The Kier molecular flexibility index (Phi) is 9.04. The van der Waals surface area contributed by atoms with Gasteiger partial charge in [0, 0.05) is 19.2 Å². The van der Waals surface area contributed by atoms with E-state index < -0.39 is 39.1 Å². The Bertz CT molecular complexity index is 1790. The number of nitrogens with zero attached hydrogens (tertiary/aromatic N) is 5. The smallest absolute Gasteiger partial charge is 0.339 e. The van der Waals surface area contributed by atoms with Gasteiger partial charge in [-0.25, -0.2) is 32.9 Å². The summed E-state index contributed by atoms with van der Waals surface area (Å²) in [5.74, 6) is -0.924. The maximum absolute atomic E-state index is 14.1. The van der Waals surface area contributed by atoms with Crippen molar-refractivity contribution in [1.29, 1.82) is 4.78 Å². The molecular weight excluding hydrogens is 570 g/mol. The minimum absolute atomic E-state index is 0.000293. The van der Waals surface area contributed by atoms with Crippen LogP contribution in [0, 0.1) is 4.78 Å². The van der Waals surface area contributed by atoms with Gasteiger partial charge in [-0.05, 0) is 38.3 Å². The van der Waals surface area contributed by atoms with Crippen molar-refractivity contribution in [1.82, 2.24) is 24.0 Å². The highest BCUT2D eigenvalue weighted by atomic mass is 32.2. The third-order valence-electron chi connectivity index (χ3n) is 6.65. The summed E-state index contributed by atoms with van der Waals surface area (Å²) in [6, 6.07) is 16.3. The third kappa shape index (κ3) is 6.94. The number of hydrogen-bond donors (Lipinski definition) is 2. The number of rotatable bonds is 9. The molecule has 43 heavy (non-hydrogen) atoms. The molecule has 0 saturated carbocycles. The van der Waals surface area contributed by atoms with Crippen LogP contribution < -0.4 is 11.4 Å². The molecule has 2 atom stereocenters. The van der Waals surface area contributed by atoms with Crippen molar-refractivity contribution < 1.29 is 18.5 Å². The minimum Gasteiger partial charge on any atom is -0.458 e. The van der Waals surface area contributed by atoms with E-state index in [-0.39, 0.29) is 40.9 Å². The van der Waals surface area contributed by atoms with Crippen molar-refractivity contribution in [2.75, 3.05) is 18.5 Å². The van der Waals surface area contributed by atoms with Crippen LogP contribution >= 0.6 is 0 Å². The monoisotopic (exact) mass is 607 g/mol. The van der Waals surface area contributed by atoms with Crippen LogP contribution in [0.1, 0.15) is 45.2 Å². The van der Waals surface area contributed by atoms with Crippen LogP contribution in [0.3, 0.4) is 0 Å². The Morgan fingerprint density at radius 1 is 1.05 bits per heavy atom. The van der Waals surface area contributed by atoms with E-state index in [0.29, 0.717) is 6.42 Å². The predicted molar refractivity (Wildman–Crippen MR) is 164 cm³/mol. The summed E-state index contributed by atoms with van der Waals surface area (Å²) in [6.07, 6.45) is 0.571. The highest BCUT2D eigenvalue weighted by Gasteiger charge is 2.35. The molecule has 0 fully saturated rings. The van der Waals surface area contributed by atoms with Crippen molar-refractivity contribution in [3.63, 3.8) is 0 Å². The van der Waals surface area contributed by atoms with Gasteiger partial charge in [0.15, 0.2) is 11.5 Å². The third-order valence-corrected chi connectivity index (χ3v) is 8.41. The number of ether oxygens (including phenoxy) is 1. The Balaban J connectivity index is 1.89. The Hall–Kier alpha value is -4.52. The molecular formula is C30H37N7O5S. The number of nitrogen functional groups attached to an aromatic ring is 1. The average molecular weight is 608 g/mol. The first-order chi connectivity index (χ1) is 20.2. The molecule has 2 aromatic heterocycles. The van der Waals surface area contributed by atoms with Crippen molar-refractivity contribution in [3.8, 4) is 0 Å². The molecule has 3 N–H and O–H groups in total.